The van der Waals surface area contributed by atoms with Gasteiger partial charge in [0.25, 0.3) is 0 Å². The number of para-hydroxylation sites is 1. The highest BCUT2D eigenvalue weighted by molar-refractivity contribution is 5.81. The van der Waals surface area contributed by atoms with E-state index in [1.54, 1.807) is 7.11 Å². The third kappa shape index (κ3) is 3.71. The van der Waals surface area contributed by atoms with Crippen LogP contribution in [0.15, 0.2) is 54.6 Å². The van der Waals surface area contributed by atoms with Gasteiger partial charge in [0.15, 0.2) is 0 Å². The van der Waals surface area contributed by atoms with Gasteiger partial charge in [-0.1, -0.05) is 18.2 Å². The molecule has 0 unspecified atom stereocenters. The van der Waals surface area contributed by atoms with Crippen molar-refractivity contribution in [3.63, 3.8) is 0 Å². The number of anilines is 1. The minimum atomic E-state index is 0.669. The highest BCUT2D eigenvalue weighted by Crippen LogP contribution is 2.23. The Hall–Kier alpha value is -3.10. The Bertz CT molecular complexity index is 987. The van der Waals surface area contributed by atoms with Crippen molar-refractivity contribution in [3.8, 4) is 11.8 Å². The van der Waals surface area contributed by atoms with E-state index in [1.165, 1.54) is 5.56 Å². The molecule has 2 aromatic carbocycles. The van der Waals surface area contributed by atoms with Gasteiger partial charge < -0.3 is 9.64 Å². The third-order valence-electron chi connectivity index (χ3n) is 5.09. The van der Waals surface area contributed by atoms with Crippen molar-refractivity contribution >= 4 is 16.7 Å². The molecule has 1 saturated heterocycles. The minimum Gasteiger partial charge on any atom is -0.496 e. The zero-order valence-corrected chi connectivity index (χ0v) is 15.4. The van der Waals surface area contributed by atoms with Crippen LogP contribution in [0, 0.1) is 11.3 Å². The van der Waals surface area contributed by atoms with Gasteiger partial charge in [-0.2, -0.15) is 5.26 Å². The van der Waals surface area contributed by atoms with E-state index in [2.05, 4.69) is 40.1 Å². The second-order valence-corrected chi connectivity index (χ2v) is 6.76. The molecule has 5 heteroatoms. The van der Waals surface area contributed by atoms with Gasteiger partial charge in [0, 0.05) is 43.7 Å². The Kier molecular flexibility index (Phi) is 4.91. The average Bonchev–Trinajstić information content (AvgIpc) is 2.74. The first kappa shape index (κ1) is 17.3. The van der Waals surface area contributed by atoms with Crippen LogP contribution in [0.1, 0.15) is 11.1 Å². The topological polar surface area (TPSA) is 52.4 Å². The molecular formula is C22H22N4O. The Morgan fingerprint density at radius 1 is 1.04 bits per heavy atom. The lowest BCUT2D eigenvalue weighted by atomic mass is 10.1. The molecule has 3 aromatic rings. The lowest BCUT2D eigenvalue weighted by Gasteiger charge is -2.35. The number of aromatic nitrogens is 1. The molecule has 0 amide bonds. The smallest absolute Gasteiger partial charge is 0.129 e. The number of ether oxygens (including phenoxy) is 1. The van der Waals surface area contributed by atoms with E-state index in [1.807, 2.05) is 30.3 Å². The van der Waals surface area contributed by atoms with Crippen LogP contribution in [0.25, 0.3) is 10.9 Å². The number of nitrogens with zero attached hydrogens (tertiary/aromatic N) is 4. The number of hydrogen-bond donors (Lipinski definition) is 0. The number of nitriles is 1. The quantitative estimate of drug-likeness (QED) is 0.715. The van der Waals surface area contributed by atoms with E-state index in [9.17, 15) is 0 Å². The van der Waals surface area contributed by atoms with Gasteiger partial charge in [-0.3, -0.25) is 4.90 Å². The van der Waals surface area contributed by atoms with E-state index >= 15 is 0 Å². The molecule has 0 bridgehead atoms. The molecule has 0 spiro atoms. The van der Waals surface area contributed by atoms with Crippen molar-refractivity contribution in [2.24, 2.45) is 0 Å². The minimum absolute atomic E-state index is 0.669. The lowest BCUT2D eigenvalue weighted by Crippen LogP contribution is -2.46. The van der Waals surface area contributed by atoms with E-state index in [0.717, 1.165) is 55.2 Å². The number of piperazine rings is 1. The molecule has 1 aliphatic rings. The summed E-state index contributed by atoms with van der Waals surface area (Å²) in [6.07, 6.45) is 0. The molecule has 0 N–H and O–H groups in total. The summed E-state index contributed by atoms with van der Waals surface area (Å²) >= 11 is 0. The maximum absolute atomic E-state index is 9.03. The standard InChI is InChI=1S/C22H22N4O/c1-27-21-5-3-2-4-19(21)16-25-10-12-26(13-11-25)22-9-7-18-14-17(15-23)6-8-20(18)24-22/h2-9,14H,10-13,16H2,1H3. The molecule has 2 heterocycles. The molecule has 4 rings (SSSR count). The number of rotatable bonds is 4. The van der Waals surface area contributed by atoms with Crippen LogP contribution in [0.3, 0.4) is 0 Å². The molecule has 27 heavy (non-hydrogen) atoms. The maximum Gasteiger partial charge on any atom is 0.129 e. The zero-order chi connectivity index (χ0) is 18.6. The molecule has 0 saturated carbocycles. The van der Waals surface area contributed by atoms with Crippen molar-refractivity contribution in [2.45, 2.75) is 6.54 Å². The Labute approximate surface area is 159 Å². The summed E-state index contributed by atoms with van der Waals surface area (Å²) in [5, 5.41) is 10.0. The average molecular weight is 358 g/mol. The van der Waals surface area contributed by atoms with Crippen LogP contribution in [0.4, 0.5) is 5.82 Å². The second kappa shape index (κ2) is 7.65. The maximum atomic E-state index is 9.03. The number of methoxy groups -OCH3 is 1. The van der Waals surface area contributed by atoms with Crippen LogP contribution in [-0.2, 0) is 6.54 Å². The van der Waals surface area contributed by atoms with Crippen LogP contribution < -0.4 is 9.64 Å². The second-order valence-electron chi connectivity index (χ2n) is 6.76. The van der Waals surface area contributed by atoms with Gasteiger partial charge in [0.2, 0.25) is 0 Å². The predicted molar refractivity (Wildman–Crippen MR) is 107 cm³/mol. The summed E-state index contributed by atoms with van der Waals surface area (Å²) in [6.45, 7) is 4.78. The normalized spacial score (nSPS) is 14.9. The first-order valence-electron chi connectivity index (χ1n) is 9.17. The zero-order valence-electron chi connectivity index (χ0n) is 15.4. The highest BCUT2D eigenvalue weighted by atomic mass is 16.5. The number of fused-ring (bicyclic) bond motifs is 1. The van der Waals surface area contributed by atoms with Gasteiger partial charge in [-0.25, -0.2) is 4.98 Å². The highest BCUT2D eigenvalue weighted by Gasteiger charge is 2.19. The van der Waals surface area contributed by atoms with Gasteiger partial charge in [0.1, 0.15) is 11.6 Å². The van der Waals surface area contributed by atoms with E-state index in [0.29, 0.717) is 5.56 Å². The van der Waals surface area contributed by atoms with Crippen molar-refractivity contribution < 1.29 is 4.74 Å². The van der Waals surface area contributed by atoms with Crippen molar-refractivity contribution in [3.05, 3.63) is 65.7 Å². The van der Waals surface area contributed by atoms with Gasteiger partial charge >= 0.3 is 0 Å². The first-order chi connectivity index (χ1) is 13.3. The van der Waals surface area contributed by atoms with Crippen LogP contribution in [0.2, 0.25) is 0 Å². The summed E-state index contributed by atoms with van der Waals surface area (Å²) in [4.78, 5) is 9.57. The fraction of sp³-hybridized carbons (Fsp3) is 0.273. The van der Waals surface area contributed by atoms with E-state index in [4.69, 9.17) is 15.0 Å². The number of hydrogen-bond acceptors (Lipinski definition) is 5. The monoisotopic (exact) mass is 358 g/mol. The SMILES string of the molecule is COc1ccccc1CN1CCN(c2ccc3cc(C#N)ccc3n2)CC1. The fourth-order valence-corrected chi connectivity index (χ4v) is 3.57. The Morgan fingerprint density at radius 3 is 2.63 bits per heavy atom. The van der Waals surface area contributed by atoms with E-state index in [-0.39, 0.29) is 0 Å². The van der Waals surface area contributed by atoms with Crippen LogP contribution in [-0.4, -0.2) is 43.2 Å². The number of benzene rings is 2. The van der Waals surface area contributed by atoms with Crippen LogP contribution >= 0.6 is 0 Å². The van der Waals surface area contributed by atoms with Crippen molar-refractivity contribution in [1.82, 2.24) is 9.88 Å². The third-order valence-corrected chi connectivity index (χ3v) is 5.09. The van der Waals surface area contributed by atoms with Crippen molar-refractivity contribution in [2.75, 3.05) is 38.2 Å². The molecule has 1 aromatic heterocycles. The van der Waals surface area contributed by atoms with Crippen LogP contribution in [0.5, 0.6) is 5.75 Å². The molecule has 136 valence electrons. The molecular weight excluding hydrogens is 336 g/mol. The molecule has 0 aliphatic carbocycles. The summed E-state index contributed by atoms with van der Waals surface area (Å²) in [7, 11) is 1.72. The summed E-state index contributed by atoms with van der Waals surface area (Å²) in [6, 6.07) is 20.1. The fourth-order valence-electron chi connectivity index (χ4n) is 3.57. The Morgan fingerprint density at radius 2 is 1.85 bits per heavy atom. The van der Waals surface area contributed by atoms with Gasteiger partial charge in [0.05, 0.1) is 24.3 Å². The number of pyridine rings is 1. The van der Waals surface area contributed by atoms with E-state index < -0.39 is 0 Å². The predicted octanol–water partition coefficient (Wildman–Crippen LogP) is 3.44. The summed E-state index contributed by atoms with van der Waals surface area (Å²) in [5.74, 6) is 1.96. The largest absolute Gasteiger partial charge is 0.496 e. The van der Waals surface area contributed by atoms with Gasteiger partial charge in [-0.15, -0.1) is 0 Å². The lowest BCUT2D eigenvalue weighted by molar-refractivity contribution is 0.245. The molecule has 1 aliphatic heterocycles. The molecule has 0 radical (unpaired) electrons. The summed E-state index contributed by atoms with van der Waals surface area (Å²) < 4.78 is 5.47. The summed E-state index contributed by atoms with van der Waals surface area (Å²) in [5.41, 5.74) is 2.83. The molecule has 0 atom stereocenters. The molecule has 1 fully saturated rings. The van der Waals surface area contributed by atoms with Crippen molar-refractivity contribution in [1.29, 1.82) is 5.26 Å². The Balaban J connectivity index is 1.43. The van der Waals surface area contributed by atoms with Gasteiger partial charge in [-0.05, 0) is 36.4 Å². The first-order valence-corrected chi connectivity index (χ1v) is 9.17. The molecule has 5 nitrogen and oxygen atoms in total.